The maximum Gasteiger partial charge on any atom is 0.336 e. The third-order valence-corrected chi connectivity index (χ3v) is 9.65. The van der Waals surface area contributed by atoms with E-state index >= 15 is 0 Å². The van der Waals surface area contributed by atoms with Crippen molar-refractivity contribution in [2.45, 2.75) is 55.3 Å². The molecule has 3 aliphatic carbocycles. The monoisotopic (exact) mass is 484 g/mol. The van der Waals surface area contributed by atoms with Crippen LogP contribution in [0.2, 0.25) is 0 Å². The van der Waals surface area contributed by atoms with Crippen LogP contribution in [0.4, 0.5) is 0 Å². The van der Waals surface area contributed by atoms with E-state index in [4.69, 9.17) is 14.5 Å². The second-order valence-corrected chi connectivity index (χ2v) is 11.3. The molecular formula is C29H28N2O5. The topological polar surface area (TPSA) is 92.1 Å². The number of likely N-dealkylation sites (tertiary alicyclic amines) is 1. The number of pyridine rings is 1. The van der Waals surface area contributed by atoms with Gasteiger partial charge in [0.1, 0.15) is 0 Å². The van der Waals surface area contributed by atoms with Gasteiger partial charge in [-0.3, -0.25) is 4.90 Å². The lowest BCUT2D eigenvalue weighted by atomic mass is 9.48. The van der Waals surface area contributed by atoms with Crippen LogP contribution in [0.15, 0.2) is 36.4 Å². The molecule has 4 atom stereocenters. The molecule has 8 rings (SSSR count). The Morgan fingerprint density at radius 2 is 2.08 bits per heavy atom. The zero-order chi connectivity index (χ0) is 24.4. The number of carboxylic acid groups (broad SMARTS) is 1. The first-order chi connectivity index (χ1) is 17.5. The fourth-order valence-electron chi connectivity index (χ4n) is 7.98. The van der Waals surface area contributed by atoms with E-state index in [-0.39, 0.29) is 18.0 Å². The number of carbonyl (C=O) groups is 1. The van der Waals surface area contributed by atoms with Gasteiger partial charge in [-0.15, -0.1) is 0 Å². The predicted molar refractivity (Wildman–Crippen MR) is 132 cm³/mol. The summed E-state index contributed by atoms with van der Waals surface area (Å²) in [6, 6.07) is 11.4. The first kappa shape index (κ1) is 21.0. The summed E-state index contributed by atoms with van der Waals surface area (Å²) in [4.78, 5) is 20.2. The standard InChI is InChI=1S/C29H28N2O5/c1-35-20-9-8-16-12-21-29(34)13-18-22(27(32)33)17-4-2-3-5-19(17)30-24(18)26-28(29,23(16)25(20)36-26)10-11-31(21)14-15-6-7-15/h2-5,8-9,15,21,26,34H,6-7,10-14H2,1H3,(H,32,33)/t21-,26?,28+,29?/m1/s1. The van der Waals surface area contributed by atoms with Crippen LogP contribution in [0.1, 0.15) is 58.1 Å². The minimum absolute atomic E-state index is 0.105. The molecule has 1 aromatic heterocycles. The van der Waals surface area contributed by atoms with Gasteiger partial charge in [0.25, 0.3) is 0 Å². The summed E-state index contributed by atoms with van der Waals surface area (Å²) >= 11 is 0. The number of ether oxygens (including phenoxy) is 2. The van der Waals surface area contributed by atoms with Crippen LogP contribution in [0.5, 0.6) is 11.5 Å². The molecule has 36 heavy (non-hydrogen) atoms. The number of methoxy groups -OCH3 is 1. The van der Waals surface area contributed by atoms with Crippen molar-refractivity contribution in [3.63, 3.8) is 0 Å². The Bertz CT molecular complexity index is 1480. The van der Waals surface area contributed by atoms with E-state index in [9.17, 15) is 15.0 Å². The van der Waals surface area contributed by atoms with E-state index in [0.717, 1.165) is 25.1 Å². The number of rotatable bonds is 4. The van der Waals surface area contributed by atoms with Gasteiger partial charge in [0, 0.05) is 30.0 Å². The van der Waals surface area contributed by atoms with Gasteiger partial charge < -0.3 is 19.7 Å². The van der Waals surface area contributed by atoms with Gasteiger partial charge in [0.2, 0.25) is 0 Å². The number of benzene rings is 2. The minimum atomic E-state index is -1.17. The molecule has 2 bridgehead atoms. The molecule has 184 valence electrons. The fraction of sp³-hybridized carbons (Fsp3) is 0.448. The number of hydrogen-bond acceptors (Lipinski definition) is 6. The van der Waals surface area contributed by atoms with Crippen molar-refractivity contribution in [2.75, 3.05) is 20.2 Å². The van der Waals surface area contributed by atoms with Gasteiger partial charge in [-0.05, 0) is 61.4 Å². The maximum absolute atomic E-state index is 12.9. The van der Waals surface area contributed by atoms with E-state index in [1.54, 1.807) is 7.11 Å². The van der Waals surface area contributed by atoms with E-state index < -0.39 is 23.1 Å². The number of fused-ring (bicyclic) bond motifs is 3. The molecule has 2 N–H and O–H groups in total. The third-order valence-electron chi connectivity index (χ3n) is 9.65. The average Bonchev–Trinajstić information content (AvgIpc) is 3.61. The summed E-state index contributed by atoms with van der Waals surface area (Å²) in [5.74, 6) is 1.04. The Hall–Kier alpha value is -3.16. The molecule has 0 radical (unpaired) electrons. The van der Waals surface area contributed by atoms with Crippen LogP contribution in [0.25, 0.3) is 10.9 Å². The van der Waals surface area contributed by atoms with Gasteiger partial charge in [-0.25, -0.2) is 9.78 Å². The summed E-state index contributed by atoms with van der Waals surface area (Å²) in [6.07, 6.45) is 3.64. The van der Waals surface area contributed by atoms with Crippen molar-refractivity contribution in [1.29, 1.82) is 0 Å². The molecule has 1 spiro atoms. The van der Waals surface area contributed by atoms with Crippen LogP contribution in [0.3, 0.4) is 0 Å². The second-order valence-electron chi connectivity index (χ2n) is 11.3. The Kier molecular flexibility index (Phi) is 3.95. The smallest absolute Gasteiger partial charge is 0.336 e. The van der Waals surface area contributed by atoms with Crippen molar-refractivity contribution in [3.8, 4) is 11.5 Å². The van der Waals surface area contributed by atoms with E-state index in [0.29, 0.717) is 46.0 Å². The van der Waals surface area contributed by atoms with Crippen molar-refractivity contribution in [3.05, 3.63) is 64.3 Å². The lowest BCUT2D eigenvalue weighted by Crippen LogP contribution is -2.74. The average molecular weight is 485 g/mol. The Morgan fingerprint density at radius 3 is 2.86 bits per heavy atom. The largest absolute Gasteiger partial charge is 0.493 e. The van der Waals surface area contributed by atoms with Crippen molar-refractivity contribution in [1.82, 2.24) is 9.88 Å². The number of aliphatic hydroxyl groups is 1. The molecule has 3 aromatic rings. The van der Waals surface area contributed by atoms with Crippen LogP contribution < -0.4 is 9.47 Å². The summed E-state index contributed by atoms with van der Waals surface area (Å²) in [5, 5.41) is 23.9. The molecule has 2 aliphatic heterocycles. The molecule has 1 saturated heterocycles. The molecule has 2 aromatic carbocycles. The van der Waals surface area contributed by atoms with Gasteiger partial charge in [0.15, 0.2) is 17.6 Å². The van der Waals surface area contributed by atoms with Crippen LogP contribution in [0, 0.1) is 5.92 Å². The Morgan fingerprint density at radius 1 is 1.25 bits per heavy atom. The molecule has 2 unspecified atom stereocenters. The lowest BCUT2D eigenvalue weighted by Gasteiger charge is -2.63. The molecule has 1 saturated carbocycles. The number of nitrogens with zero attached hydrogens (tertiary/aromatic N) is 2. The lowest BCUT2D eigenvalue weighted by molar-refractivity contribution is -0.173. The van der Waals surface area contributed by atoms with Gasteiger partial charge in [-0.2, -0.15) is 0 Å². The van der Waals surface area contributed by atoms with Crippen molar-refractivity contribution in [2.24, 2.45) is 5.92 Å². The molecule has 3 heterocycles. The first-order valence-electron chi connectivity index (χ1n) is 12.9. The molecule has 0 amide bonds. The Labute approximate surface area is 208 Å². The number of aromatic carboxylic acids is 1. The highest BCUT2D eigenvalue weighted by atomic mass is 16.5. The third kappa shape index (κ3) is 2.36. The number of hydrogen-bond donors (Lipinski definition) is 2. The van der Waals surface area contributed by atoms with Crippen LogP contribution in [-0.4, -0.2) is 57.9 Å². The van der Waals surface area contributed by atoms with E-state index in [1.807, 2.05) is 30.3 Å². The van der Waals surface area contributed by atoms with Gasteiger partial charge in [-0.1, -0.05) is 24.3 Å². The van der Waals surface area contributed by atoms with Gasteiger partial charge >= 0.3 is 5.97 Å². The highest BCUT2D eigenvalue weighted by molar-refractivity contribution is 6.04. The molecule has 5 aliphatic rings. The zero-order valence-corrected chi connectivity index (χ0v) is 20.2. The molecule has 7 heteroatoms. The zero-order valence-electron chi connectivity index (χ0n) is 20.2. The highest BCUT2D eigenvalue weighted by Crippen LogP contribution is 2.69. The summed E-state index contributed by atoms with van der Waals surface area (Å²) in [7, 11) is 1.64. The SMILES string of the molecule is COc1ccc2c3c1OC1c4nc5ccccc5c(C(=O)O)c4CC4(O)[C@@H](C2)N(CC2CC2)CC[C@]314. The van der Waals surface area contributed by atoms with E-state index in [1.165, 1.54) is 18.4 Å². The predicted octanol–water partition coefficient (Wildman–Crippen LogP) is 3.64. The quantitative estimate of drug-likeness (QED) is 0.584. The number of carboxylic acids is 1. The van der Waals surface area contributed by atoms with E-state index in [2.05, 4.69) is 11.0 Å². The molecule has 7 nitrogen and oxygen atoms in total. The van der Waals surface area contributed by atoms with Crippen molar-refractivity contribution >= 4 is 16.9 Å². The minimum Gasteiger partial charge on any atom is -0.493 e. The second kappa shape index (κ2) is 6.78. The van der Waals surface area contributed by atoms with Crippen LogP contribution >= 0.6 is 0 Å². The summed E-state index contributed by atoms with van der Waals surface area (Å²) < 4.78 is 12.5. The highest BCUT2D eigenvalue weighted by Gasteiger charge is 2.73. The summed E-state index contributed by atoms with van der Waals surface area (Å²) in [6.45, 7) is 1.87. The number of para-hydroxylation sites is 1. The number of piperidine rings is 1. The normalized spacial score (nSPS) is 31.5. The summed E-state index contributed by atoms with van der Waals surface area (Å²) in [5.41, 5.74) is 2.53. The maximum atomic E-state index is 12.9. The fourth-order valence-corrected chi connectivity index (χ4v) is 7.98. The first-order valence-corrected chi connectivity index (χ1v) is 12.9. The van der Waals surface area contributed by atoms with Gasteiger partial charge in [0.05, 0.1) is 34.9 Å². The molecular weight excluding hydrogens is 456 g/mol. The van der Waals surface area contributed by atoms with Crippen molar-refractivity contribution < 1.29 is 24.5 Å². The van der Waals surface area contributed by atoms with Crippen LogP contribution in [-0.2, 0) is 18.3 Å². The molecule has 2 fully saturated rings. The Balaban J connectivity index is 1.44. The number of aromatic nitrogens is 1.